The third-order valence-corrected chi connectivity index (χ3v) is 5.22. The van der Waals surface area contributed by atoms with Crippen molar-refractivity contribution in [2.24, 2.45) is 5.73 Å². The van der Waals surface area contributed by atoms with E-state index in [4.69, 9.17) is 17.3 Å². The second-order valence-corrected chi connectivity index (χ2v) is 7.52. The Morgan fingerprint density at radius 1 is 1.35 bits per heavy atom. The van der Waals surface area contributed by atoms with E-state index < -0.39 is 22.9 Å². The Morgan fingerprint density at radius 3 is 2.65 bits per heavy atom. The topological polar surface area (TPSA) is 75.4 Å². The number of alkyl halides is 3. The van der Waals surface area contributed by atoms with Crippen LogP contribution in [0.5, 0.6) is 0 Å². The number of imide groups is 1. The van der Waals surface area contributed by atoms with Gasteiger partial charge in [0.05, 0.1) is 21.2 Å². The second kappa shape index (κ2) is 7.13. The van der Waals surface area contributed by atoms with Crippen LogP contribution in [0.1, 0.15) is 24.0 Å². The van der Waals surface area contributed by atoms with Crippen molar-refractivity contribution in [3.8, 4) is 0 Å². The summed E-state index contributed by atoms with van der Waals surface area (Å²) in [5.74, 6) is -0.644. The molecule has 1 atom stereocenters. The van der Waals surface area contributed by atoms with E-state index in [-0.39, 0.29) is 21.5 Å². The molecule has 2 fully saturated rings. The van der Waals surface area contributed by atoms with Gasteiger partial charge in [-0.25, -0.2) is 0 Å². The Morgan fingerprint density at radius 2 is 2.08 bits per heavy atom. The second-order valence-electron chi connectivity index (χ2n) is 6.09. The Bertz CT molecular complexity index is 798. The maximum absolute atomic E-state index is 13.2. The molecule has 10 heteroatoms. The SMILES string of the molecule is N[C@H]1CCCN(c2c(Cl)cc(C(F)(F)F)cc2/C=C2\SC(=O)NC2=O)C1. The van der Waals surface area contributed by atoms with Crippen LogP contribution in [0, 0.1) is 0 Å². The van der Waals surface area contributed by atoms with Gasteiger partial charge in [-0.1, -0.05) is 11.6 Å². The number of benzene rings is 1. The molecule has 2 aliphatic rings. The molecule has 2 amide bonds. The molecule has 2 aliphatic heterocycles. The van der Waals surface area contributed by atoms with Crippen molar-refractivity contribution in [2.45, 2.75) is 25.1 Å². The Labute approximate surface area is 156 Å². The van der Waals surface area contributed by atoms with Crippen LogP contribution < -0.4 is 16.0 Å². The number of halogens is 4. The summed E-state index contributed by atoms with van der Waals surface area (Å²) < 4.78 is 39.6. The molecule has 0 radical (unpaired) electrons. The van der Waals surface area contributed by atoms with E-state index in [0.717, 1.165) is 25.0 Å². The van der Waals surface area contributed by atoms with Gasteiger partial charge in [0.2, 0.25) is 0 Å². The van der Waals surface area contributed by atoms with E-state index in [9.17, 15) is 22.8 Å². The van der Waals surface area contributed by atoms with Crippen LogP contribution in [0.3, 0.4) is 0 Å². The molecule has 1 aromatic carbocycles. The zero-order valence-corrected chi connectivity index (χ0v) is 15.0. The Balaban J connectivity index is 2.12. The number of carbonyl (C=O) groups excluding carboxylic acids is 2. The van der Waals surface area contributed by atoms with Crippen LogP contribution in [0.2, 0.25) is 5.02 Å². The molecule has 1 aromatic rings. The average molecular weight is 406 g/mol. The van der Waals surface area contributed by atoms with Crippen LogP contribution in [0.15, 0.2) is 17.0 Å². The van der Waals surface area contributed by atoms with E-state index in [2.05, 4.69) is 5.32 Å². The largest absolute Gasteiger partial charge is 0.416 e. The smallest absolute Gasteiger partial charge is 0.368 e. The average Bonchev–Trinajstić information content (AvgIpc) is 2.83. The van der Waals surface area contributed by atoms with Gasteiger partial charge in [0.25, 0.3) is 11.1 Å². The first kappa shape index (κ1) is 19.1. The number of thioether (sulfide) groups is 1. The van der Waals surface area contributed by atoms with E-state index in [0.29, 0.717) is 30.5 Å². The fourth-order valence-corrected chi connectivity index (χ4v) is 4.02. The number of hydrogen-bond acceptors (Lipinski definition) is 5. The maximum atomic E-state index is 13.2. The molecule has 2 saturated heterocycles. The summed E-state index contributed by atoms with van der Waals surface area (Å²) in [6.07, 6.45) is -1.73. The lowest BCUT2D eigenvalue weighted by Crippen LogP contribution is -2.43. The van der Waals surface area contributed by atoms with E-state index >= 15 is 0 Å². The van der Waals surface area contributed by atoms with Gasteiger partial charge < -0.3 is 10.6 Å². The minimum atomic E-state index is -4.59. The van der Waals surface area contributed by atoms with E-state index in [1.54, 1.807) is 0 Å². The lowest BCUT2D eigenvalue weighted by Gasteiger charge is -2.34. The summed E-state index contributed by atoms with van der Waals surface area (Å²) in [5.41, 5.74) is 5.57. The Kier molecular flexibility index (Phi) is 5.23. The molecule has 3 rings (SSSR count). The van der Waals surface area contributed by atoms with Crippen molar-refractivity contribution < 1.29 is 22.8 Å². The highest BCUT2D eigenvalue weighted by Gasteiger charge is 2.34. The molecule has 0 unspecified atom stereocenters. The molecule has 26 heavy (non-hydrogen) atoms. The molecule has 0 saturated carbocycles. The summed E-state index contributed by atoms with van der Waals surface area (Å²) in [7, 11) is 0. The molecular weight excluding hydrogens is 391 g/mol. The van der Waals surface area contributed by atoms with Crippen LogP contribution in [-0.2, 0) is 11.0 Å². The number of nitrogens with zero attached hydrogens (tertiary/aromatic N) is 1. The van der Waals surface area contributed by atoms with Gasteiger partial charge in [-0.2, -0.15) is 13.2 Å². The van der Waals surface area contributed by atoms with Crippen LogP contribution in [0.4, 0.5) is 23.7 Å². The highest BCUT2D eigenvalue weighted by molar-refractivity contribution is 8.18. The fraction of sp³-hybridized carbons (Fsp3) is 0.375. The zero-order chi connectivity index (χ0) is 19.1. The summed E-state index contributed by atoms with van der Waals surface area (Å²) in [4.78, 5) is 25.0. The quantitative estimate of drug-likeness (QED) is 0.735. The fourth-order valence-electron chi connectivity index (χ4n) is 3.00. The van der Waals surface area contributed by atoms with Gasteiger partial charge in [0, 0.05) is 24.7 Å². The van der Waals surface area contributed by atoms with Crippen molar-refractivity contribution >= 4 is 46.3 Å². The van der Waals surface area contributed by atoms with Crippen molar-refractivity contribution in [3.05, 3.63) is 33.2 Å². The van der Waals surface area contributed by atoms with Crippen LogP contribution >= 0.6 is 23.4 Å². The molecule has 0 bridgehead atoms. The molecule has 140 valence electrons. The number of amides is 2. The third kappa shape index (κ3) is 3.99. The lowest BCUT2D eigenvalue weighted by atomic mass is 10.0. The van der Waals surface area contributed by atoms with Crippen molar-refractivity contribution in [3.63, 3.8) is 0 Å². The first-order valence-corrected chi connectivity index (χ1v) is 9.00. The van der Waals surface area contributed by atoms with Gasteiger partial charge in [0.15, 0.2) is 0 Å². The van der Waals surface area contributed by atoms with Crippen molar-refractivity contribution in [1.82, 2.24) is 5.32 Å². The third-order valence-electron chi connectivity index (χ3n) is 4.12. The predicted molar refractivity (Wildman–Crippen MR) is 95.0 cm³/mol. The molecule has 2 heterocycles. The van der Waals surface area contributed by atoms with Gasteiger partial charge in [-0.15, -0.1) is 0 Å². The zero-order valence-electron chi connectivity index (χ0n) is 13.4. The lowest BCUT2D eigenvalue weighted by molar-refractivity contribution is -0.137. The van der Waals surface area contributed by atoms with Crippen molar-refractivity contribution in [1.29, 1.82) is 0 Å². The number of nitrogens with two attached hydrogens (primary N) is 1. The minimum absolute atomic E-state index is 0.0212. The first-order valence-electron chi connectivity index (χ1n) is 7.81. The number of piperidine rings is 1. The number of rotatable bonds is 2. The van der Waals surface area contributed by atoms with Crippen LogP contribution in [0.25, 0.3) is 6.08 Å². The van der Waals surface area contributed by atoms with Crippen molar-refractivity contribution in [2.75, 3.05) is 18.0 Å². The van der Waals surface area contributed by atoms with Gasteiger partial charge in [0.1, 0.15) is 0 Å². The normalized spacial score (nSPS) is 22.9. The first-order chi connectivity index (χ1) is 12.1. The van der Waals surface area contributed by atoms with Gasteiger partial charge in [-0.05, 0) is 42.8 Å². The summed E-state index contributed by atoms with van der Waals surface area (Å²) >= 11 is 6.82. The standard InChI is InChI=1S/C16H15ClF3N3O2S/c17-11-6-9(16(18,19)20)4-8(5-12-14(24)22-15(25)26-12)13(11)23-3-1-2-10(21)7-23/h4-6,10H,1-3,7,21H2,(H,22,24,25)/b12-5-/t10-/m0/s1. The highest BCUT2D eigenvalue weighted by atomic mass is 35.5. The molecular formula is C16H15ClF3N3O2S. The van der Waals surface area contributed by atoms with Gasteiger partial charge >= 0.3 is 6.18 Å². The predicted octanol–water partition coefficient (Wildman–Crippen LogP) is 3.61. The number of anilines is 1. The number of nitrogens with one attached hydrogen (secondary N) is 1. The molecule has 0 aliphatic carbocycles. The minimum Gasteiger partial charge on any atom is -0.368 e. The summed E-state index contributed by atoms with van der Waals surface area (Å²) in [5, 5.41) is 1.44. The van der Waals surface area contributed by atoms with Crippen LogP contribution in [-0.4, -0.2) is 30.3 Å². The Hall–Kier alpha value is -1.71. The molecule has 5 nitrogen and oxygen atoms in total. The maximum Gasteiger partial charge on any atom is 0.416 e. The molecule has 3 N–H and O–H groups in total. The summed E-state index contributed by atoms with van der Waals surface area (Å²) in [6.45, 7) is 1.03. The molecule has 0 aromatic heterocycles. The van der Waals surface area contributed by atoms with E-state index in [1.807, 2.05) is 4.90 Å². The molecule has 0 spiro atoms. The number of carbonyl (C=O) groups is 2. The highest BCUT2D eigenvalue weighted by Crippen LogP contribution is 2.40. The number of hydrogen-bond donors (Lipinski definition) is 2. The van der Waals surface area contributed by atoms with Gasteiger partial charge in [-0.3, -0.25) is 14.9 Å². The monoisotopic (exact) mass is 405 g/mol. The van der Waals surface area contributed by atoms with E-state index in [1.165, 1.54) is 6.08 Å². The summed E-state index contributed by atoms with van der Waals surface area (Å²) in [6, 6.07) is 1.69.